The van der Waals surface area contributed by atoms with E-state index < -0.39 is 5.54 Å². The Hall–Kier alpha value is -1.46. The lowest BCUT2D eigenvalue weighted by Gasteiger charge is -2.19. The molecule has 84 valence electrons. The van der Waals surface area contributed by atoms with Crippen LogP contribution in [0.2, 0.25) is 5.02 Å². The van der Waals surface area contributed by atoms with Crippen molar-refractivity contribution < 1.29 is 4.79 Å². The molecule has 0 bridgehead atoms. The van der Waals surface area contributed by atoms with E-state index >= 15 is 0 Å². The molecule has 2 nitrogen and oxygen atoms in total. The molecular formula is C13H14ClNO. The summed E-state index contributed by atoms with van der Waals surface area (Å²) in [6.45, 7) is 3.57. The summed E-state index contributed by atoms with van der Waals surface area (Å²) in [6.07, 6.45) is 5.59. The SMILES string of the molecule is C#CC(C)(C)NC(=O)Cc1ccc(Cl)cc1. The summed E-state index contributed by atoms with van der Waals surface area (Å²) in [5, 5.41) is 3.42. The van der Waals surface area contributed by atoms with Crippen LogP contribution in [0.25, 0.3) is 0 Å². The maximum absolute atomic E-state index is 11.6. The summed E-state index contributed by atoms with van der Waals surface area (Å²) in [5.41, 5.74) is 0.304. The molecule has 3 heteroatoms. The average Bonchev–Trinajstić information content (AvgIpc) is 2.21. The molecule has 1 amide bonds. The Bertz CT molecular complexity index is 415. The van der Waals surface area contributed by atoms with Gasteiger partial charge in [0.05, 0.1) is 12.0 Å². The number of halogens is 1. The molecule has 0 radical (unpaired) electrons. The summed E-state index contributed by atoms with van der Waals surface area (Å²) < 4.78 is 0. The summed E-state index contributed by atoms with van der Waals surface area (Å²) in [5.74, 6) is 2.42. The zero-order chi connectivity index (χ0) is 12.2. The molecule has 0 aromatic heterocycles. The van der Waals surface area contributed by atoms with Crippen LogP contribution in [0.1, 0.15) is 19.4 Å². The molecule has 0 aliphatic heterocycles. The van der Waals surface area contributed by atoms with E-state index in [9.17, 15) is 4.79 Å². The number of hydrogen-bond acceptors (Lipinski definition) is 1. The van der Waals surface area contributed by atoms with Crippen molar-refractivity contribution in [2.75, 3.05) is 0 Å². The fraction of sp³-hybridized carbons (Fsp3) is 0.308. The summed E-state index contributed by atoms with van der Waals surface area (Å²) in [7, 11) is 0. The van der Waals surface area contributed by atoms with Crippen molar-refractivity contribution >= 4 is 17.5 Å². The van der Waals surface area contributed by atoms with Crippen LogP contribution in [0.5, 0.6) is 0 Å². The number of rotatable bonds is 3. The van der Waals surface area contributed by atoms with Crippen LogP contribution in [0, 0.1) is 12.3 Å². The first kappa shape index (κ1) is 12.6. The van der Waals surface area contributed by atoms with Gasteiger partial charge >= 0.3 is 0 Å². The number of nitrogens with one attached hydrogen (secondary N) is 1. The standard InChI is InChI=1S/C13H14ClNO/c1-4-13(2,3)15-12(16)9-10-5-7-11(14)8-6-10/h1,5-8H,9H2,2-3H3,(H,15,16). The zero-order valence-electron chi connectivity index (χ0n) is 9.38. The van der Waals surface area contributed by atoms with E-state index in [1.54, 1.807) is 26.0 Å². The molecule has 0 unspecified atom stereocenters. The zero-order valence-corrected chi connectivity index (χ0v) is 10.1. The highest BCUT2D eigenvalue weighted by Crippen LogP contribution is 2.10. The first-order valence-electron chi connectivity index (χ1n) is 4.96. The second-order valence-electron chi connectivity index (χ2n) is 4.12. The number of terminal acetylenes is 1. The van der Waals surface area contributed by atoms with Crippen LogP contribution in [-0.4, -0.2) is 11.4 Å². The van der Waals surface area contributed by atoms with Gasteiger partial charge in [0.15, 0.2) is 0 Å². The second kappa shape index (κ2) is 5.05. The van der Waals surface area contributed by atoms with Gasteiger partial charge in [0, 0.05) is 5.02 Å². The van der Waals surface area contributed by atoms with Gasteiger partial charge in [0.2, 0.25) is 5.91 Å². The lowest BCUT2D eigenvalue weighted by Crippen LogP contribution is -2.42. The maximum atomic E-state index is 11.6. The molecule has 1 aromatic rings. The molecule has 0 atom stereocenters. The molecule has 1 N–H and O–H groups in total. The predicted octanol–water partition coefficient (Wildman–Crippen LogP) is 2.41. The Kier molecular flexibility index (Phi) is 3.98. The van der Waals surface area contributed by atoms with E-state index in [0.29, 0.717) is 11.4 Å². The molecule has 0 saturated heterocycles. The molecule has 1 aromatic carbocycles. The summed E-state index contributed by atoms with van der Waals surface area (Å²) in [6, 6.07) is 7.17. The Morgan fingerprint density at radius 1 is 1.44 bits per heavy atom. The third kappa shape index (κ3) is 3.96. The first-order chi connectivity index (χ1) is 7.43. The fourth-order valence-corrected chi connectivity index (χ4v) is 1.34. The molecule has 0 saturated carbocycles. The largest absolute Gasteiger partial charge is 0.340 e. The van der Waals surface area contributed by atoms with Crippen LogP contribution in [-0.2, 0) is 11.2 Å². The second-order valence-corrected chi connectivity index (χ2v) is 4.56. The number of benzene rings is 1. The van der Waals surface area contributed by atoms with Gasteiger partial charge in [0.1, 0.15) is 0 Å². The van der Waals surface area contributed by atoms with Crippen LogP contribution in [0.4, 0.5) is 0 Å². The lowest BCUT2D eigenvalue weighted by atomic mass is 10.1. The number of amides is 1. The molecule has 0 heterocycles. The van der Waals surface area contributed by atoms with Crippen molar-refractivity contribution in [2.24, 2.45) is 0 Å². The van der Waals surface area contributed by atoms with Crippen molar-refractivity contribution in [3.8, 4) is 12.3 Å². The summed E-state index contributed by atoms with van der Waals surface area (Å²) in [4.78, 5) is 11.6. The number of carbonyl (C=O) groups is 1. The Morgan fingerprint density at radius 3 is 2.50 bits per heavy atom. The minimum Gasteiger partial charge on any atom is -0.340 e. The van der Waals surface area contributed by atoms with Crippen molar-refractivity contribution in [2.45, 2.75) is 25.8 Å². The van der Waals surface area contributed by atoms with E-state index in [1.165, 1.54) is 0 Å². The van der Waals surface area contributed by atoms with E-state index in [2.05, 4.69) is 11.2 Å². The Balaban J connectivity index is 2.59. The van der Waals surface area contributed by atoms with E-state index in [4.69, 9.17) is 18.0 Å². The molecule has 16 heavy (non-hydrogen) atoms. The Labute approximate surface area is 101 Å². The smallest absolute Gasteiger partial charge is 0.225 e. The highest BCUT2D eigenvalue weighted by atomic mass is 35.5. The van der Waals surface area contributed by atoms with Crippen molar-refractivity contribution in [1.29, 1.82) is 0 Å². The van der Waals surface area contributed by atoms with Gasteiger partial charge in [-0.25, -0.2) is 0 Å². The lowest BCUT2D eigenvalue weighted by molar-refractivity contribution is -0.121. The topological polar surface area (TPSA) is 29.1 Å². The maximum Gasteiger partial charge on any atom is 0.225 e. The quantitative estimate of drug-likeness (QED) is 0.801. The third-order valence-corrected chi connectivity index (χ3v) is 2.34. The van der Waals surface area contributed by atoms with Crippen LogP contribution in [0.15, 0.2) is 24.3 Å². The molecule has 0 fully saturated rings. The van der Waals surface area contributed by atoms with Gasteiger partial charge in [-0.1, -0.05) is 29.7 Å². The minimum absolute atomic E-state index is 0.0923. The van der Waals surface area contributed by atoms with Gasteiger partial charge < -0.3 is 5.32 Å². The first-order valence-corrected chi connectivity index (χ1v) is 5.34. The van der Waals surface area contributed by atoms with E-state index in [0.717, 1.165) is 5.56 Å². The van der Waals surface area contributed by atoms with Crippen molar-refractivity contribution in [1.82, 2.24) is 5.32 Å². The minimum atomic E-state index is -0.608. The highest BCUT2D eigenvalue weighted by molar-refractivity contribution is 6.30. The summed E-state index contributed by atoms with van der Waals surface area (Å²) >= 11 is 5.75. The Morgan fingerprint density at radius 2 is 2.00 bits per heavy atom. The third-order valence-electron chi connectivity index (χ3n) is 2.09. The van der Waals surface area contributed by atoms with Crippen molar-refractivity contribution in [3.63, 3.8) is 0 Å². The van der Waals surface area contributed by atoms with Crippen LogP contribution >= 0.6 is 11.6 Å². The van der Waals surface area contributed by atoms with Crippen LogP contribution < -0.4 is 5.32 Å². The van der Waals surface area contributed by atoms with Crippen LogP contribution in [0.3, 0.4) is 0 Å². The number of carbonyl (C=O) groups excluding carboxylic acids is 1. The van der Waals surface area contributed by atoms with Gasteiger partial charge in [-0.3, -0.25) is 4.79 Å². The van der Waals surface area contributed by atoms with Crippen molar-refractivity contribution in [3.05, 3.63) is 34.9 Å². The number of hydrogen-bond donors (Lipinski definition) is 1. The van der Waals surface area contributed by atoms with Gasteiger partial charge in [-0.2, -0.15) is 0 Å². The molecular weight excluding hydrogens is 222 g/mol. The van der Waals surface area contributed by atoms with Gasteiger partial charge in [0.25, 0.3) is 0 Å². The monoisotopic (exact) mass is 235 g/mol. The fourth-order valence-electron chi connectivity index (χ4n) is 1.22. The molecule has 0 spiro atoms. The predicted molar refractivity (Wildman–Crippen MR) is 66.2 cm³/mol. The molecule has 0 aliphatic rings. The van der Waals surface area contributed by atoms with E-state index in [1.807, 2.05) is 12.1 Å². The van der Waals surface area contributed by atoms with Gasteiger partial charge in [-0.15, -0.1) is 6.42 Å². The average molecular weight is 236 g/mol. The van der Waals surface area contributed by atoms with Gasteiger partial charge in [-0.05, 0) is 31.5 Å². The highest BCUT2D eigenvalue weighted by Gasteiger charge is 2.16. The van der Waals surface area contributed by atoms with E-state index in [-0.39, 0.29) is 5.91 Å². The normalized spacial score (nSPS) is 10.6. The molecule has 1 rings (SSSR count). The molecule has 0 aliphatic carbocycles.